The monoisotopic (exact) mass is 295 g/mol. The molecule has 2 aromatic rings. The van der Waals surface area contributed by atoms with Crippen LogP contribution >= 0.6 is 11.8 Å². The van der Waals surface area contributed by atoms with Gasteiger partial charge in [0.2, 0.25) is 0 Å². The molecule has 0 aliphatic carbocycles. The molecule has 0 radical (unpaired) electrons. The highest BCUT2D eigenvalue weighted by Gasteiger charge is 2.21. The lowest BCUT2D eigenvalue weighted by Gasteiger charge is -2.07. The number of benzene rings is 1. The topological polar surface area (TPSA) is 106 Å². The van der Waals surface area contributed by atoms with Crippen molar-refractivity contribution >= 4 is 23.1 Å². The van der Waals surface area contributed by atoms with E-state index in [0.29, 0.717) is 22.3 Å². The van der Waals surface area contributed by atoms with Gasteiger partial charge in [-0.15, -0.1) is 5.10 Å². The van der Waals surface area contributed by atoms with Crippen molar-refractivity contribution in [2.75, 3.05) is 12.4 Å². The van der Waals surface area contributed by atoms with Crippen LogP contribution in [0.3, 0.4) is 0 Å². The van der Waals surface area contributed by atoms with E-state index in [4.69, 9.17) is 0 Å². The number of hydrogen-bond acceptors (Lipinski definition) is 6. The minimum atomic E-state index is -0.449. The molecule has 2 N–H and O–H groups in total. The minimum Gasteiger partial charge on any atom is -0.383 e. The summed E-state index contributed by atoms with van der Waals surface area (Å²) in [5.41, 5.74) is 0.0569. The highest BCUT2D eigenvalue weighted by molar-refractivity contribution is 7.99. The number of nitro benzene ring substituents is 1. The van der Waals surface area contributed by atoms with Gasteiger partial charge < -0.3 is 5.32 Å². The first kappa shape index (κ1) is 14.1. The molecule has 0 aliphatic rings. The Bertz CT molecular complexity index is 694. The van der Waals surface area contributed by atoms with Crippen LogP contribution in [-0.4, -0.2) is 26.7 Å². The number of H-pyrrole nitrogens is 1. The number of aromatic amines is 1. The number of anilines is 1. The number of hydrogen-bond donors (Lipinski definition) is 2. The summed E-state index contributed by atoms with van der Waals surface area (Å²) < 4.78 is 1.42. The Morgan fingerprint density at radius 1 is 1.55 bits per heavy atom. The summed E-state index contributed by atoms with van der Waals surface area (Å²) in [4.78, 5) is 22.7. The highest BCUT2D eigenvalue weighted by Crippen LogP contribution is 2.37. The molecular weight excluding hydrogens is 282 g/mol. The van der Waals surface area contributed by atoms with E-state index in [9.17, 15) is 14.9 Å². The first-order valence-electron chi connectivity index (χ1n) is 5.86. The van der Waals surface area contributed by atoms with Crippen LogP contribution in [0.5, 0.6) is 0 Å². The predicted octanol–water partition coefficient (Wildman–Crippen LogP) is 1.69. The van der Waals surface area contributed by atoms with E-state index in [1.807, 2.05) is 0 Å². The Morgan fingerprint density at radius 3 is 2.90 bits per heavy atom. The molecule has 0 saturated heterocycles. The van der Waals surface area contributed by atoms with E-state index < -0.39 is 4.92 Å². The molecule has 0 atom stereocenters. The summed E-state index contributed by atoms with van der Waals surface area (Å²) in [6, 6.07) is 4.96. The zero-order valence-corrected chi connectivity index (χ0v) is 11.7. The minimum absolute atomic E-state index is 0.0295. The maximum Gasteiger partial charge on any atom is 0.343 e. The van der Waals surface area contributed by atoms with Crippen LogP contribution in [0.4, 0.5) is 11.4 Å². The van der Waals surface area contributed by atoms with E-state index in [1.54, 1.807) is 32.2 Å². The van der Waals surface area contributed by atoms with E-state index in [2.05, 4.69) is 15.5 Å². The molecule has 9 heteroatoms. The lowest BCUT2D eigenvalue weighted by Crippen LogP contribution is -2.16. The van der Waals surface area contributed by atoms with Gasteiger partial charge in [0, 0.05) is 13.6 Å². The fourth-order valence-electron chi connectivity index (χ4n) is 1.75. The molecule has 1 heterocycles. The van der Waals surface area contributed by atoms with Crippen molar-refractivity contribution in [2.45, 2.75) is 23.5 Å². The number of rotatable bonds is 5. The molecule has 0 bridgehead atoms. The Hall–Kier alpha value is -2.29. The third-order valence-electron chi connectivity index (χ3n) is 2.69. The van der Waals surface area contributed by atoms with Gasteiger partial charge in [-0.2, -0.15) is 0 Å². The zero-order chi connectivity index (χ0) is 14.7. The van der Waals surface area contributed by atoms with Crippen molar-refractivity contribution in [2.24, 2.45) is 0 Å². The molecular formula is C11H13N5O3S. The van der Waals surface area contributed by atoms with Crippen molar-refractivity contribution < 1.29 is 4.92 Å². The van der Waals surface area contributed by atoms with Crippen molar-refractivity contribution in [3.63, 3.8) is 0 Å². The van der Waals surface area contributed by atoms with Gasteiger partial charge in [0.1, 0.15) is 5.69 Å². The molecule has 20 heavy (non-hydrogen) atoms. The van der Waals surface area contributed by atoms with Crippen LogP contribution < -0.4 is 11.0 Å². The standard InChI is InChI=1S/C11H13N5O3S/c1-3-15-10(17)13-14-11(15)20-8-6-4-5-7(12-2)9(8)16(18)19/h4-6,12H,3H2,1-2H3,(H,13,17). The zero-order valence-electron chi connectivity index (χ0n) is 10.9. The van der Waals surface area contributed by atoms with E-state index in [1.165, 1.54) is 4.57 Å². The van der Waals surface area contributed by atoms with Crippen LogP contribution in [0.2, 0.25) is 0 Å². The molecule has 106 valence electrons. The second-order valence-electron chi connectivity index (χ2n) is 3.82. The second-order valence-corrected chi connectivity index (χ2v) is 4.83. The highest BCUT2D eigenvalue weighted by atomic mass is 32.2. The quantitative estimate of drug-likeness (QED) is 0.642. The van der Waals surface area contributed by atoms with Crippen LogP contribution in [0.25, 0.3) is 0 Å². The molecule has 0 unspecified atom stereocenters. The summed E-state index contributed by atoms with van der Waals surface area (Å²) in [6.07, 6.45) is 0. The average Bonchev–Trinajstić information content (AvgIpc) is 2.78. The maximum atomic E-state index is 11.5. The molecule has 0 aliphatic heterocycles. The third-order valence-corrected chi connectivity index (χ3v) is 3.74. The van der Waals surface area contributed by atoms with E-state index in [-0.39, 0.29) is 11.4 Å². The van der Waals surface area contributed by atoms with Crippen LogP contribution in [0.1, 0.15) is 6.92 Å². The second kappa shape index (κ2) is 5.78. The van der Waals surface area contributed by atoms with Crippen molar-refractivity contribution in [1.82, 2.24) is 14.8 Å². The van der Waals surface area contributed by atoms with Crippen molar-refractivity contribution in [3.8, 4) is 0 Å². The number of aromatic nitrogens is 3. The van der Waals surface area contributed by atoms with Crippen LogP contribution in [-0.2, 0) is 6.54 Å². The Kier molecular flexibility index (Phi) is 4.08. The molecule has 0 saturated carbocycles. The molecule has 1 aromatic carbocycles. The lowest BCUT2D eigenvalue weighted by molar-refractivity contribution is -0.386. The SMILES string of the molecule is CCn1c(Sc2cccc(NC)c2[N+](=O)[O-])n[nH]c1=O. The van der Waals surface area contributed by atoms with Gasteiger partial charge in [-0.3, -0.25) is 14.7 Å². The first-order chi connectivity index (χ1) is 9.58. The van der Waals surface area contributed by atoms with Gasteiger partial charge in [-0.05, 0) is 30.8 Å². The molecule has 0 spiro atoms. The van der Waals surface area contributed by atoms with Gasteiger partial charge in [0.15, 0.2) is 5.16 Å². The van der Waals surface area contributed by atoms with Gasteiger partial charge in [0.25, 0.3) is 0 Å². The van der Waals surface area contributed by atoms with Gasteiger partial charge in [-0.1, -0.05) is 6.07 Å². The Morgan fingerprint density at radius 2 is 2.30 bits per heavy atom. The smallest absolute Gasteiger partial charge is 0.343 e. The summed E-state index contributed by atoms with van der Waals surface area (Å²) in [6.45, 7) is 2.25. The van der Waals surface area contributed by atoms with E-state index in [0.717, 1.165) is 11.8 Å². The van der Waals surface area contributed by atoms with Gasteiger partial charge in [0.05, 0.1) is 9.82 Å². The summed E-state index contributed by atoms with van der Waals surface area (Å²) in [7, 11) is 1.62. The largest absolute Gasteiger partial charge is 0.383 e. The molecule has 2 rings (SSSR count). The maximum absolute atomic E-state index is 11.5. The number of nitrogens with zero attached hydrogens (tertiary/aromatic N) is 3. The van der Waals surface area contributed by atoms with Crippen molar-refractivity contribution in [1.29, 1.82) is 0 Å². The Labute approximate surface area is 118 Å². The summed E-state index contributed by atoms with van der Waals surface area (Å²) in [5.74, 6) is 0. The summed E-state index contributed by atoms with van der Waals surface area (Å²) >= 11 is 1.08. The molecule has 8 nitrogen and oxygen atoms in total. The van der Waals surface area contributed by atoms with E-state index >= 15 is 0 Å². The predicted molar refractivity (Wildman–Crippen MR) is 75.3 cm³/mol. The fraction of sp³-hybridized carbons (Fsp3) is 0.273. The fourth-order valence-corrected chi connectivity index (χ4v) is 2.79. The number of nitrogens with one attached hydrogen (secondary N) is 2. The van der Waals surface area contributed by atoms with Crippen LogP contribution in [0, 0.1) is 10.1 Å². The number of para-hydroxylation sites is 1. The van der Waals surface area contributed by atoms with Gasteiger partial charge in [-0.25, -0.2) is 9.89 Å². The molecule has 1 aromatic heterocycles. The first-order valence-corrected chi connectivity index (χ1v) is 6.68. The summed E-state index contributed by atoms with van der Waals surface area (Å²) in [5, 5.41) is 20.6. The van der Waals surface area contributed by atoms with Crippen molar-refractivity contribution in [3.05, 3.63) is 38.8 Å². The van der Waals surface area contributed by atoms with Gasteiger partial charge >= 0.3 is 11.4 Å². The Balaban J connectivity index is 2.48. The normalized spacial score (nSPS) is 10.5. The molecule has 0 fully saturated rings. The lowest BCUT2D eigenvalue weighted by atomic mass is 10.3. The van der Waals surface area contributed by atoms with Crippen LogP contribution in [0.15, 0.2) is 33.0 Å². The molecule has 0 amide bonds. The number of nitro groups is 1. The third kappa shape index (κ3) is 2.52. The average molecular weight is 295 g/mol.